The first-order valence-electron chi connectivity index (χ1n) is 10.8. The first-order chi connectivity index (χ1) is 13.0. The molecule has 5 aliphatic rings. The molecule has 4 nitrogen and oxygen atoms in total. The SMILES string of the molecule is C[C@]12CC[C@H]3[C@H](CC[C@H]4C[C@@H](O)CC[C@@]43CO)C1=CC[C@@H]2C1=CC(=O)OC1. The van der Waals surface area contributed by atoms with Gasteiger partial charge in [0.25, 0.3) is 0 Å². The molecule has 0 spiro atoms. The van der Waals surface area contributed by atoms with Crippen LogP contribution in [-0.2, 0) is 9.53 Å². The highest BCUT2D eigenvalue weighted by Crippen LogP contribution is 2.66. The van der Waals surface area contributed by atoms with Crippen molar-refractivity contribution in [2.75, 3.05) is 13.2 Å². The summed E-state index contributed by atoms with van der Waals surface area (Å²) >= 11 is 0. The minimum absolute atomic E-state index is 0.00804. The molecule has 4 heteroatoms. The number of ether oxygens (including phenoxy) is 1. The van der Waals surface area contributed by atoms with Crippen molar-refractivity contribution in [3.8, 4) is 0 Å². The summed E-state index contributed by atoms with van der Waals surface area (Å²) in [5, 5.41) is 20.7. The highest BCUT2D eigenvalue weighted by Gasteiger charge is 2.59. The van der Waals surface area contributed by atoms with Gasteiger partial charge in [0.15, 0.2) is 0 Å². The lowest BCUT2D eigenvalue weighted by molar-refractivity contribution is -0.135. The highest BCUT2D eigenvalue weighted by atomic mass is 16.5. The zero-order valence-electron chi connectivity index (χ0n) is 16.3. The third-order valence-electron chi connectivity index (χ3n) is 9.17. The van der Waals surface area contributed by atoms with E-state index in [-0.39, 0.29) is 29.5 Å². The van der Waals surface area contributed by atoms with Crippen LogP contribution >= 0.6 is 0 Å². The topological polar surface area (TPSA) is 66.8 Å². The Bertz CT molecular complexity index is 709. The summed E-state index contributed by atoms with van der Waals surface area (Å²) in [4.78, 5) is 11.6. The van der Waals surface area contributed by atoms with Crippen LogP contribution in [0.2, 0.25) is 0 Å². The van der Waals surface area contributed by atoms with Crippen molar-refractivity contribution in [2.24, 2.45) is 34.5 Å². The standard InChI is InChI=1S/C23H32O4/c1-22-8-7-20-17(3-2-15-11-16(25)6-9-23(15,20)13-24)19(22)5-4-18(22)14-10-21(26)27-12-14/h5,10,15-18,20,24-25H,2-4,6-9,11-13H2,1H3/t15-,16-,17+,18+,20-,22+,23+/m0/s1. The zero-order valence-corrected chi connectivity index (χ0v) is 16.3. The molecule has 1 aliphatic heterocycles. The van der Waals surface area contributed by atoms with Crippen LogP contribution in [0.3, 0.4) is 0 Å². The fourth-order valence-corrected chi connectivity index (χ4v) is 7.82. The maximum Gasteiger partial charge on any atom is 0.331 e. The summed E-state index contributed by atoms with van der Waals surface area (Å²) in [6.45, 7) is 3.14. The second-order valence-corrected chi connectivity index (χ2v) is 10.0. The predicted molar refractivity (Wildman–Crippen MR) is 102 cm³/mol. The molecule has 0 amide bonds. The minimum atomic E-state index is -0.184. The molecule has 27 heavy (non-hydrogen) atoms. The molecule has 7 atom stereocenters. The van der Waals surface area contributed by atoms with E-state index in [4.69, 9.17) is 4.74 Å². The molecule has 0 radical (unpaired) electrons. The first-order valence-corrected chi connectivity index (χ1v) is 10.8. The predicted octanol–water partition coefficient (Wildman–Crippen LogP) is 3.38. The Hall–Kier alpha value is -1.13. The van der Waals surface area contributed by atoms with Crippen LogP contribution in [0.25, 0.3) is 0 Å². The number of hydrogen-bond acceptors (Lipinski definition) is 4. The Balaban J connectivity index is 1.45. The van der Waals surface area contributed by atoms with Crippen molar-refractivity contribution < 1.29 is 19.7 Å². The van der Waals surface area contributed by atoms with Gasteiger partial charge in [0.2, 0.25) is 0 Å². The molecule has 1 heterocycles. The molecule has 0 saturated heterocycles. The first kappa shape index (κ1) is 17.9. The fourth-order valence-electron chi connectivity index (χ4n) is 7.82. The van der Waals surface area contributed by atoms with E-state index in [1.807, 2.05) is 0 Å². The van der Waals surface area contributed by atoms with Crippen LogP contribution in [0.15, 0.2) is 23.3 Å². The van der Waals surface area contributed by atoms with Crippen molar-refractivity contribution in [1.82, 2.24) is 0 Å². The van der Waals surface area contributed by atoms with E-state index < -0.39 is 0 Å². The van der Waals surface area contributed by atoms with Gasteiger partial charge in [0.1, 0.15) is 6.61 Å². The highest BCUT2D eigenvalue weighted by molar-refractivity contribution is 5.85. The molecule has 0 aromatic rings. The van der Waals surface area contributed by atoms with Gasteiger partial charge in [0, 0.05) is 12.7 Å². The molecule has 0 aromatic heterocycles. The molecule has 0 aromatic carbocycles. The van der Waals surface area contributed by atoms with Crippen molar-refractivity contribution in [1.29, 1.82) is 0 Å². The summed E-state index contributed by atoms with van der Waals surface area (Å²) in [5.41, 5.74) is 2.92. The van der Waals surface area contributed by atoms with Crippen molar-refractivity contribution in [3.05, 3.63) is 23.3 Å². The van der Waals surface area contributed by atoms with Gasteiger partial charge in [-0.15, -0.1) is 0 Å². The lowest BCUT2D eigenvalue weighted by Crippen LogP contribution is -2.55. The number of carbonyl (C=O) groups is 1. The Morgan fingerprint density at radius 3 is 2.81 bits per heavy atom. The molecule has 5 rings (SSSR count). The van der Waals surface area contributed by atoms with E-state index in [1.54, 1.807) is 11.6 Å². The number of hydrogen-bond donors (Lipinski definition) is 2. The van der Waals surface area contributed by atoms with E-state index in [2.05, 4.69) is 13.0 Å². The van der Waals surface area contributed by atoms with Gasteiger partial charge < -0.3 is 14.9 Å². The lowest BCUT2D eigenvalue weighted by atomic mass is 9.45. The van der Waals surface area contributed by atoms with Gasteiger partial charge in [0.05, 0.1) is 6.10 Å². The van der Waals surface area contributed by atoms with Gasteiger partial charge in [-0.2, -0.15) is 0 Å². The number of cyclic esters (lactones) is 1. The molecule has 2 N–H and O–H groups in total. The van der Waals surface area contributed by atoms with Crippen LogP contribution in [0.1, 0.15) is 58.3 Å². The molecule has 3 saturated carbocycles. The number of rotatable bonds is 2. The van der Waals surface area contributed by atoms with E-state index >= 15 is 0 Å². The summed E-state index contributed by atoms with van der Waals surface area (Å²) in [6.07, 6.45) is 12.3. The fraction of sp³-hybridized carbons (Fsp3) is 0.783. The van der Waals surface area contributed by atoms with Crippen LogP contribution in [0, 0.1) is 34.5 Å². The number of esters is 1. The normalized spacial score (nSPS) is 48.9. The van der Waals surface area contributed by atoms with Crippen LogP contribution in [0.5, 0.6) is 0 Å². The largest absolute Gasteiger partial charge is 0.458 e. The Morgan fingerprint density at radius 2 is 2.07 bits per heavy atom. The Labute approximate surface area is 161 Å². The molecule has 0 unspecified atom stereocenters. The van der Waals surface area contributed by atoms with Crippen molar-refractivity contribution in [3.63, 3.8) is 0 Å². The van der Waals surface area contributed by atoms with Crippen LogP contribution < -0.4 is 0 Å². The Kier molecular flexibility index (Phi) is 4.11. The summed E-state index contributed by atoms with van der Waals surface area (Å²) < 4.78 is 5.21. The quantitative estimate of drug-likeness (QED) is 0.576. The van der Waals surface area contributed by atoms with Gasteiger partial charge in [-0.25, -0.2) is 4.79 Å². The molecule has 148 valence electrons. The van der Waals surface area contributed by atoms with E-state index in [1.165, 1.54) is 12.0 Å². The third-order valence-corrected chi connectivity index (χ3v) is 9.17. The Morgan fingerprint density at radius 1 is 1.22 bits per heavy atom. The number of carbonyl (C=O) groups excluding carboxylic acids is 1. The second kappa shape index (κ2) is 6.18. The molecule has 4 aliphatic carbocycles. The summed E-state index contributed by atoms with van der Waals surface area (Å²) in [7, 11) is 0. The number of allylic oxidation sites excluding steroid dienone is 2. The van der Waals surface area contributed by atoms with E-state index in [9.17, 15) is 15.0 Å². The molecular formula is C23H32O4. The maximum atomic E-state index is 11.6. The van der Waals surface area contributed by atoms with Gasteiger partial charge in [-0.1, -0.05) is 18.6 Å². The number of aliphatic hydroxyl groups excluding tert-OH is 2. The average molecular weight is 373 g/mol. The molecular weight excluding hydrogens is 340 g/mol. The molecule has 3 fully saturated rings. The zero-order chi connectivity index (χ0) is 18.8. The number of aliphatic hydroxyl groups is 2. The average Bonchev–Trinajstić information content (AvgIpc) is 3.23. The summed E-state index contributed by atoms with van der Waals surface area (Å²) in [6, 6.07) is 0. The van der Waals surface area contributed by atoms with Crippen LogP contribution in [-0.4, -0.2) is 35.5 Å². The van der Waals surface area contributed by atoms with Crippen molar-refractivity contribution in [2.45, 2.75) is 64.4 Å². The van der Waals surface area contributed by atoms with Gasteiger partial charge in [-0.05, 0) is 91.4 Å². The number of fused-ring (bicyclic) bond motifs is 5. The molecule has 0 bridgehead atoms. The monoisotopic (exact) mass is 372 g/mol. The minimum Gasteiger partial charge on any atom is -0.458 e. The second-order valence-electron chi connectivity index (χ2n) is 10.0. The van der Waals surface area contributed by atoms with Crippen LogP contribution in [0.4, 0.5) is 0 Å². The maximum absolute atomic E-state index is 11.6. The van der Waals surface area contributed by atoms with E-state index in [0.29, 0.717) is 30.3 Å². The third kappa shape index (κ3) is 2.45. The van der Waals surface area contributed by atoms with Crippen molar-refractivity contribution >= 4 is 5.97 Å². The van der Waals surface area contributed by atoms with Gasteiger partial charge in [-0.3, -0.25) is 0 Å². The summed E-state index contributed by atoms with van der Waals surface area (Å²) in [5.74, 6) is 1.79. The lowest BCUT2D eigenvalue weighted by Gasteiger charge is -2.60. The smallest absolute Gasteiger partial charge is 0.331 e. The van der Waals surface area contributed by atoms with E-state index in [0.717, 1.165) is 44.9 Å². The van der Waals surface area contributed by atoms with Gasteiger partial charge >= 0.3 is 5.97 Å².